The molecule has 3 unspecified atom stereocenters. The standard InChI is InChI=1S/C16H32/c1-7-11-14-13(5)16(14,12-8-2)15(6,9-3)10-4/h13-14H,7-12H2,1-6H3. The van der Waals surface area contributed by atoms with Gasteiger partial charge in [0.1, 0.15) is 0 Å². The Bertz CT molecular complexity index is 214. The Morgan fingerprint density at radius 1 is 1.00 bits per heavy atom. The van der Waals surface area contributed by atoms with E-state index in [0.29, 0.717) is 10.8 Å². The zero-order chi connectivity index (χ0) is 12.4. The highest BCUT2D eigenvalue weighted by atomic mass is 14.7. The first-order valence-electron chi connectivity index (χ1n) is 7.54. The second kappa shape index (κ2) is 5.10. The van der Waals surface area contributed by atoms with Gasteiger partial charge in [-0.15, -0.1) is 0 Å². The minimum atomic E-state index is 0.586. The molecule has 16 heavy (non-hydrogen) atoms. The van der Waals surface area contributed by atoms with Gasteiger partial charge in [-0.05, 0) is 35.5 Å². The molecule has 0 nitrogen and oxygen atoms in total. The maximum Gasteiger partial charge on any atom is -0.0184 e. The molecule has 1 aliphatic carbocycles. The van der Waals surface area contributed by atoms with Crippen LogP contribution in [0.5, 0.6) is 0 Å². The molecule has 1 saturated carbocycles. The summed E-state index contributed by atoms with van der Waals surface area (Å²) in [5.74, 6) is 1.99. The zero-order valence-electron chi connectivity index (χ0n) is 12.4. The van der Waals surface area contributed by atoms with Crippen molar-refractivity contribution < 1.29 is 0 Å². The predicted molar refractivity (Wildman–Crippen MR) is 73.6 cm³/mol. The SMILES string of the molecule is CCCC1C(C)C1(CCC)C(C)(CC)CC. The average molecular weight is 224 g/mol. The lowest BCUT2D eigenvalue weighted by atomic mass is 9.66. The Morgan fingerprint density at radius 2 is 1.56 bits per heavy atom. The van der Waals surface area contributed by atoms with Crippen molar-refractivity contribution in [3.63, 3.8) is 0 Å². The van der Waals surface area contributed by atoms with Gasteiger partial charge in [0.15, 0.2) is 0 Å². The van der Waals surface area contributed by atoms with E-state index in [1.807, 2.05) is 0 Å². The molecule has 0 heteroatoms. The quantitative estimate of drug-likeness (QED) is 0.523. The van der Waals surface area contributed by atoms with E-state index in [-0.39, 0.29) is 0 Å². The fraction of sp³-hybridized carbons (Fsp3) is 1.00. The van der Waals surface area contributed by atoms with Crippen LogP contribution in [0.15, 0.2) is 0 Å². The summed E-state index contributed by atoms with van der Waals surface area (Å²) in [6.45, 7) is 14.6. The lowest BCUT2D eigenvalue weighted by Crippen LogP contribution is -2.30. The number of hydrogen-bond donors (Lipinski definition) is 0. The predicted octanol–water partition coefficient (Wildman–Crippen LogP) is 5.67. The fourth-order valence-corrected chi connectivity index (χ4v) is 4.58. The van der Waals surface area contributed by atoms with Gasteiger partial charge < -0.3 is 0 Å². The lowest BCUT2D eigenvalue weighted by molar-refractivity contribution is 0.104. The van der Waals surface area contributed by atoms with Crippen molar-refractivity contribution in [2.75, 3.05) is 0 Å². The maximum atomic E-state index is 2.55. The Hall–Kier alpha value is 0. The molecule has 0 heterocycles. The van der Waals surface area contributed by atoms with Crippen molar-refractivity contribution >= 4 is 0 Å². The highest BCUT2D eigenvalue weighted by molar-refractivity contribution is 5.14. The molecular formula is C16H32. The van der Waals surface area contributed by atoms with Crippen LogP contribution in [-0.2, 0) is 0 Å². The summed E-state index contributed by atoms with van der Waals surface area (Å²) in [6.07, 6.45) is 8.35. The second-order valence-corrected chi connectivity index (χ2v) is 6.24. The van der Waals surface area contributed by atoms with Gasteiger partial charge in [-0.3, -0.25) is 0 Å². The summed E-state index contributed by atoms with van der Waals surface area (Å²) in [5.41, 5.74) is 1.27. The van der Waals surface area contributed by atoms with Crippen LogP contribution in [0, 0.1) is 22.7 Å². The molecule has 0 aromatic heterocycles. The Balaban J connectivity index is 2.91. The van der Waals surface area contributed by atoms with Gasteiger partial charge in [0.2, 0.25) is 0 Å². The van der Waals surface area contributed by atoms with Crippen molar-refractivity contribution in [1.29, 1.82) is 0 Å². The van der Waals surface area contributed by atoms with Crippen LogP contribution in [0.1, 0.15) is 80.1 Å². The van der Waals surface area contributed by atoms with Gasteiger partial charge in [0.25, 0.3) is 0 Å². The Labute approximate surface area is 103 Å². The van der Waals surface area contributed by atoms with Crippen LogP contribution in [0.25, 0.3) is 0 Å². The molecule has 0 amide bonds. The third-order valence-electron chi connectivity index (χ3n) is 5.92. The fourth-order valence-electron chi connectivity index (χ4n) is 4.58. The third kappa shape index (κ3) is 1.83. The summed E-state index contributed by atoms with van der Waals surface area (Å²) in [4.78, 5) is 0. The van der Waals surface area contributed by atoms with Crippen molar-refractivity contribution in [2.45, 2.75) is 80.1 Å². The summed E-state index contributed by atoms with van der Waals surface area (Å²) < 4.78 is 0. The van der Waals surface area contributed by atoms with Crippen LogP contribution in [0.3, 0.4) is 0 Å². The third-order valence-corrected chi connectivity index (χ3v) is 5.92. The molecule has 1 rings (SSSR count). The molecule has 0 saturated heterocycles. The van der Waals surface area contributed by atoms with Crippen molar-refractivity contribution in [3.05, 3.63) is 0 Å². The average Bonchev–Trinajstić information content (AvgIpc) is 2.85. The van der Waals surface area contributed by atoms with Gasteiger partial charge in [-0.25, -0.2) is 0 Å². The van der Waals surface area contributed by atoms with Crippen LogP contribution >= 0.6 is 0 Å². The summed E-state index contributed by atoms with van der Waals surface area (Å²) in [7, 11) is 0. The molecule has 0 aliphatic heterocycles. The zero-order valence-corrected chi connectivity index (χ0v) is 12.4. The maximum absolute atomic E-state index is 2.55. The van der Waals surface area contributed by atoms with Crippen LogP contribution < -0.4 is 0 Å². The Morgan fingerprint density at radius 3 is 1.94 bits per heavy atom. The first-order chi connectivity index (χ1) is 7.54. The lowest BCUT2D eigenvalue weighted by Gasteiger charge is -2.39. The van der Waals surface area contributed by atoms with E-state index in [0.717, 1.165) is 11.8 Å². The van der Waals surface area contributed by atoms with Crippen LogP contribution in [0.4, 0.5) is 0 Å². The molecule has 0 radical (unpaired) electrons. The summed E-state index contributed by atoms with van der Waals surface area (Å²) >= 11 is 0. The van der Waals surface area contributed by atoms with Gasteiger partial charge in [0.05, 0.1) is 0 Å². The molecule has 0 aromatic rings. The normalized spacial score (nSPS) is 34.1. The number of hydrogen-bond acceptors (Lipinski definition) is 0. The summed E-state index contributed by atoms with van der Waals surface area (Å²) in [6, 6.07) is 0. The first kappa shape index (κ1) is 14.1. The van der Waals surface area contributed by atoms with Gasteiger partial charge >= 0.3 is 0 Å². The molecular weight excluding hydrogens is 192 g/mol. The largest absolute Gasteiger partial charge is 0.0654 e. The molecule has 3 atom stereocenters. The van der Waals surface area contributed by atoms with Crippen molar-refractivity contribution in [2.24, 2.45) is 22.7 Å². The molecule has 96 valence electrons. The number of rotatable bonds is 7. The van der Waals surface area contributed by atoms with Crippen molar-refractivity contribution in [3.8, 4) is 0 Å². The van der Waals surface area contributed by atoms with Gasteiger partial charge in [0, 0.05) is 0 Å². The van der Waals surface area contributed by atoms with E-state index in [9.17, 15) is 0 Å². The van der Waals surface area contributed by atoms with Gasteiger partial charge in [-0.2, -0.15) is 0 Å². The molecule has 0 aromatic carbocycles. The Kier molecular flexibility index (Phi) is 4.49. The first-order valence-corrected chi connectivity index (χ1v) is 7.54. The smallest absolute Gasteiger partial charge is 0.0184 e. The van der Waals surface area contributed by atoms with E-state index in [1.165, 1.54) is 38.5 Å². The second-order valence-electron chi connectivity index (χ2n) is 6.24. The van der Waals surface area contributed by atoms with E-state index < -0.39 is 0 Å². The topological polar surface area (TPSA) is 0 Å². The van der Waals surface area contributed by atoms with E-state index in [4.69, 9.17) is 0 Å². The highest BCUT2D eigenvalue weighted by Crippen LogP contribution is 2.73. The monoisotopic (exact) mass is 224 g/mol. The van der Waals surface area contributed by atoms with Crippen molar-refractivity contribution in [1.82, 2.24) is 0 Å². The molecule has 0 N–H and O–H groups in total. The molecule has 1 fully saturated rings. The molecule has 0 bridgehead atoms. The minimum absolute atomic E-state index is 0.586. The van der Waals surface area contributed by atoms with Crippen LogP contribution in [-0.4, -0.2) is 0 Å². The van der Waals surface area contributed by atoms with Crippen LogP contribution in [0.2, 0.25) is 0 Å². The highest BCUT2D eigenvalue weighted by Gasteiger charge is 2.66. The van der Waals surface area contributed by atoms with E-state index >= 15 is 0 Å². The minimum Gasteiger partial charge on any atom is -0.0654 e. The van der Waals surface area contributed by atoms with E-state index in [1.54, 1.807) is 0 Å². The van der Waals surface area contributed by atoms with E-state index in [2.05, 4.69) is 41.5 Å². The summed E-state index contributed by atoms with van der Waals surface area (Å²) in [5, 5.41) is 0. The molecule has 1 aliphatic rings. The molecule has 0 spiro atoms. The van der Waals surface area contributed by atoms with Gasteiger partial charge in [-0.1, -0.05) is 67.2 Å².